The normalized spacial score (nSPS) is 11.2. The van der Waals surface area contributed by atoms with Crippen molar-refractivity contribution in [2.75, 3.05) is 26.1 Å². The van der Waals surface area contributed by atoms with Gasteiger partial charge in [0.25, 0.3) is 0 Å². The molecular weight excluding hydrogens is 194 g/mol. The van der Waals surface area contributed by atoms with Gasteiger partial charge in [0, 0.05) is 19.4 Å². The third-order valence-electron chi connectivity index (χ3n) is 1.79. The highest BCUT2D eigenvalue weighted by atomic mass is 16.5. The van der Waals surface area contributed by atoms with Crippen LogP contribution in [0.1, 0.15) is 13.8 Å². The molecule has 0 fully saturated rings. The van der Waals surface area contributed by atoms with Crippen molar-refractivity contribution in [2.45, 2.75) is 19.4 Å². The van der Waals surface area contributed by atoms with Crippen LogP contribution in [0.4, 0.5) is 5.95 Å². The summed E-state index contributed by atoms with van der Waals surface area (Å²) in [7, 11) is 3.24. The Morgan fingerprint density at radius 2 is 2.13 bits per heavy atom. The molecule has 0 amide bonds. The van der Waals surface area contributed by atoms with Crippen LogP contribution in [-0.2, 0) is 4.74 Å². The monoisotopic (exact) mass is 211 g/mol. The molecule has 0 spiro atoms. The second kappa shape index (κ2) is 4.93. The lowest BCUT2D eigenvalue weighted by Gasteiger charge is -2.25. The molecule has 0 unspecified atom stereocenters. The van der Waals surface area contributed by atoms with Crippen LogP contribution in [0.2, 0.25) is 0 Å². The Morgan fingerprint density at radius 1 is 1.40 bits per heavy atom. The van der Waals surface area contributed by atoms with Gasteiger partial charge in [-0.15, -0.1) is 0 Å². The molecule has 0 aliphatic heterocycles. The van der Waals surface area contributed by atoms with E-state index in [1.807, 2.05) is 13.8 Å². The first kappa shape index (κ1) is 11.7. The van der Waals surface area contributed by atoms with Crippen molar-refractivity contribution in [3.05, 3.63) is 12.3 Å². The zero-order valence-electron chi connectivity index (χ0n) is 9.57. The molecule has 5 nitrogen and oxygen atoms in total. The first-order valence-electron chi connectivity index (χ1n) is 4.71. The van der Waals surface area contributed by atoms with Gasteiger partial charge in [0.15, 0.2) is 0 Å². The molecule has 0 aromatic carbocycles. The van der Waals surface area contributed by atoms with Gasteiger partial charge in [0.1, 0.15) is 0 Å². The minimum absolute atomic E-state index is 0.207. The van der Waals surface area contributed by atoms with Crippen molar-refractivity contribution in [1.82, 2.24) is 9.97 Å². The highest BCUT2D eigenvalue weighted by Gasteiger charge is 2.18. The van der Waals surface area contributed by atoms with E-state index in [1.165, 1.54) is 0 Å². The summed E-state index contributed by atoms with van der Waals surface area (Å²) >= 11 is 0. The van der Waals surface area contributed by atoms with Crippen molar-refractivity contribution in [2.24, 2.45) is 0 Å². The van der Waals surface area contributed by atoms with E-state index >= 15 is 0 Å². The first-order chi connectivity index (χ1) is 7.07. The predicted molar refractivity (Wildman–Crippen MR) is 58.2 cm³/mol. The van der Waals surface area contributed by atoms with Crippen molar-refractivity contribution >= 4 is 5.95 Å². The lowest BCUT2D eigenvalue weighted by molar-refractivity contribution is 0.157. The smallest absolute Gasteiger partial charge is 0.226 e. The van der Waals surface area contributed by atoms with Crippen LogP contribution in [0.3, 0.4) is 0 Å². The topological polar surface area (TPSA) is 56.3 Å². The molecule has 0 aliphatic carbocycles. The number of nitrogens with zero attached hydrogens (tertiary/aromatic N) is 2. The van der Waals surface area contributed by atoms with Crippen LogP contribution >= 0.6 is 0 Å². The fourth-order valence-corrected chi connectivity index (χ4v) is 1.22. The minimum atomic E-state index is -0.207. The number of hydrogen-bond acceptors (Lipinski definition) is 5. The summed E-state index contributed by atoms with van der Waals surface area (Å²) in [5.41, 5.74) is -0.207. The molecule has 0 saturated carbocycles. The quantitative estimate of drug-likeness (QED) is 0.796. The summed E-state index contributed by atoms with van der Waals surface area (Å²) in [6.45, 7) is 4.60. The fourth-order valence-electron chi connectivity index (χ4n) is 1.22. The lowest BCUT2D eigenvalue weighted by atomic mass is 10.1. The Kier molecular flexibility index (Phi) is 3.85. The highest BCUT2D eigenvalue weighted by Crippen LogP contribution is 2.13. The maximum absolute atomic E-state index is 5.09. The molecule has 0 atom stereocenters. The molecule has 5 heteroatoms. The molecule has 84 valence electrons. The van der Waals surface area contributed by atoms with E-state index in [4.69, 9.17) is 9.47 Å². The third kappa shape index (κ3) is 3.71. The first-order valence-corrected chi connectivity index (χ1v) is 4.71. The standard InChI is InChI=1S/C10H17N3O2/c1-10(2,7-14-3)13-9-11-6-5-8(12-9)15-4/h5-6H,7H2,1-4H3,(H,11,12,13). The molecule has 1 aromatic rings. The van der Waals surface area contributed by atoms with Crippen LogP contribution in [0.25, 0.3) is 0 Å². The van der Waals surface area contributed by atoms with E-state index in [0.717, 1.165) is 0 Å². The van der Waals surface area contributed by atoms with Gasteiger partial charge in [0.2, 0.25) is 11.8 Å². The van der Waals surface area contributed by atoms with Crippen LogP contribution in [-0.4, -0.2) is 36.3 Å². The average Bonchev–Trinajstić information content (AvgIpc) is 2.17. The molecule has 0 aliphatic rings. The lowest BCUT2D eigenvalue weighted by Crippen LogP contribution is -2.36. The second-order valence-electron chi connectivity index (χ2n) is 3.86. The van der Waals surface area contributed by atoms with E-state index in [-0.39, 0.29) is 5.54 Å². The fraction of sp³-hybridized carbons (Fsp3) is 0.600. The SMILES string of the molecule is COCC(C)(C)Nc1nccc(OC)n1. The molecule has 0 saturated heterocycles. The van der Waals surface area contributed by atoms with Gasteiger partial charge in [0.05, 0.1) is 19.3 Å². The van der Waals surface area contributed by atoms with Crippen LogP contribution in [0.5, 0.6) is 5.88 Å². The number of nitrogens with one attached hydrogen (secondary N) is 1. The number of ether oxygens (including phenoxy) is 2. The van der Waals surface area contributed by atoms with E-state index in [1.54, 1.807) is 26.5 Å². The summed E-state index contributed by atoms with van der Waals surface area (Å²) in [5, 5.41) is 3.17. The van der Waals surface area contributed by atoms with Crippen LogP contribution in [0.15, 0.2) is 12.3 Å². The molecular formula is C10H17N3O2. The molecule has 15 heavy (non-hydrogen) atoms. The zero-order valence-corrected chi connectivity index (χ0v) is 9.57. The predicted octanol–water partition coefficient (Wildman–Crippen LogP) is 1.32. The summed E-state index contributed by atoms with van der Waals surface area (Å²) in [6.07, 6.45) is 1.65. The van der Waals surface area contributed by atoms with E-state index in [0.29, 0.717) is 18.4 Å². The van der Waals surface area contributed by atoms with Crippen LogP contribution in [0, 0.1) is 0 Å². The Hall–Kier alpha value is -1.36. The third-order valence-corrected chi connectivity index (χ3v) is 1.79. The molecule has 1 rings (SSSR count). The minimum Gasteiger partial charge on any atom is -0.481 e. The van der Waals surface area contributed by atoms with Crippen molar-refractivity contribution in [3.8, 4) is 5.88 Å². The van der Waals surface area contributed by atoms with Gasteiger partial charge in [-0.25, -0.2) is 4.98 Å². The van der Waals surface area contributed by atoms with E-state index < -0.39 is 0 Å². The summed E-state index contributed by atoms with van der Waals surface area (Å²) in [5.74, 6) is 1.08. The summed E-state index contributed by atoms with van der Waals surface area (Å²) in [6, 6.07) is 1.70. The Bertz CT molecular complexity index is 315. The zero-order chi connectivity index (χ0) is 11.3. The summed E-state index contributed by atoms with van der Waals surface area (Å²) in [4.78, 5) is 8.26. The molecule has 1 heterocycles. The van der Waals surface area contributed by atoms with Gasteiger partial charge in [-0.3, -0.25) is 0 Å². The number of anilines is 1. The van der Waals surface area contributed by atoms with Crippen LogP contribution < -0.4 is 10.1 Å². The van der Waals surface area contributed by atoms with Crippen molar-refractivity contribution in [3.63, 3.8) is 0 Å². The van der Waals surface area contributed by atoms with Crippen molar-refractivity contribution < 1.29 is 9.47 Å². The van der Waals surface area contributed by atoms with Crippen molar-refractivity contribution in [1.29, 1.82) is 0 Å². The summed E-state index contributed by atoms with van der Waals surface area (Å²) < 4.78 is 10.1. The maximum atomic E-state index is 5.09. The second-order valence-corrected chi connectivity index (χ2v) is 3.86. The maximum Gasteiger partial charge on any atom is 0.226 e. The molecule has 1 aromatic heterocycles. The van der Waals surface area contributed by atoms with Gasteiger partial charge in [-0.1, -0.05) is 0 Å². The number of methoxy groups -OCH3 is 2. The Balaban J connectivity index is 2.71. The number of aromatic nitrogens is 2. The molecule has 0 radical (unpaired) electrons. The molecule has 1 N–H and O–H groups in total. The van der Waals surface area contributed by atoms with Gasteiger partial charge >= 0.3 is 0 Å². The van der Waals surface area contributed by atoms with E-state index in [9.17, 15) is 0 Å². The van der Waals surface area contributed by atoms with Gasteiger partial charge in [-0.05, 0) is 13.8 Å². The largest absolute Gasteiger partial charge is 0.481 e. The average molecular weight is 211 g/mol. The Morgan fingerprint density at radius 3 is 2.73 bits per heavy atom. The molecule has 0 bridgehead atoms. The van der Waals surface area contributed by atoms with Gasteiger partial charge in [-0.2, -0.15) is 4.98 Å². The number of hydrogen-bond donors (Lipinski definition) is 1. The highest BCUT2D eigenvalue weighted by molar-refractivity contribution is 5.30. The van der Waals surface area contributed by atoms with E-state index in [2.05, 4.69) is 15.3 Å². The Labute approximate surface area is 89.8 Å². The number of rotatable bonds is 5. The van der Waals surface area contributed by atoms with Gasteiger partial charge < -0.3 is 14.8 Å².